The molecule has 0 radical (unpaired) electrons. The second-order valence-electron chi connectivity index (χ2n) is 5.66. The Morgan fingerprint density at radius 2 is 2.05 bits per heavy atom. The predicted molar refractivity (Wildman–Crippen MR) is 81.8 cm³/mol. The van der Waals surface area contributed by atoms with Crippen LogP contribution in [0.5, 0.6) is 0 Å². The summed E-state index contributed by atoms with van der Waals surface area (Å²) in [4.78, 5) is 2.53. The van der Waals surface area contributed by atoms with Gasteiger partial charge in [-0.05, 0) is 65.4 Å². The van der Waals surface area contributed by atoms with E-state index in [0.717, 1.165) is 19.0 Å². The molecule has 5 heteroatoms. The van der Waals surface area contributed by atoms with Crippen molar-refractivity contribution < 1.29 is 0 Å². The molecule has 1 saturated heterocycles. The minimum absolute atomic E-state index is 0. The van der Waals surface area contributed by atoms with Gasteiger partial charge in [0.25, 0.3) is 0 Å². The van der Waals surface area contributed by atoms with Gasteiger partial charge in [0.05, 0.1) is 5.69 Å². The quantitative estimate of drug-likeness (QED) is 0.902. The van der Waals surface area contributed by atoms with E-state index in [4.69, 9.17) is 0 Å². The van der Waals surface area contributed by atoms with Crippen LogP contribution in [0, 0.1) is 5.92 Å². The van der Waals surface area contributed by atoms with Crippen molar-refractivity contribution in [1.82, 2.24) is 20.0 Å². The fourth-order valence-electron chi connectivity index (χ4n) is 2.62. The fraction of sp³-hybridized carbons (Fsp3) is 0.786. The van der Waals surface area contributed by atoms with Crippen molar-refractivity contribution in [2.75, 3.05) is 26.7 Å². The van der Waals surface area contributed by atoms with Crippen LogP contribution >= 0.6 is 12.4 Å². The molecular weight excluding hydrogens is 260 g/mol. The molecule has 19 heavy (non-hydrogen) atoms. The lowest BCUT2D eigenvalue weighted by atomic mass is 9.97. The lowest BCUT2D eigenvalue weighted by molar-refractivity contribution is 0.174. The topological polar surface area (TPSA) is 33.1 Å². The highest BCUT2D eigenvalue weighted by molar-refractivity contribution is 5.85. The van der Waals surface area contributed by atoms with Gasteiger partial charge in [-0.25, -0.2) is 0 Å². The molecule has 2 rings (SSSR count). The molecule has 0 saturated carbocycles. The number of hydrogen-bond donors (Lipinski definition) is 1. The summed E-state index contributed by atoms with van der Waals surface area (Å²) in [6.45, 7) is 8.92. The third-order valence-electron chi connectivity index (χ3n) is 3.78. The Morgan fingerprint density at radius 1 is 1.37 bits per heavy atom. The molecule has 1 aromatic rings. The normalized spacial score (nSPS) is 17.7. The highest BCUT2D eigenvalue weighted by Gasteiger charge is 2.19. The van der Waals surface area contributed by atoms with Gasteiger partial charge in [0.2, 0.25) is 0 Å². The highest BCUT2D eigenvalue weighted by atomic mass is 35.5. The highest BCUT2D eigenvalue weighted by Crippen LogP contribution is 2.18. The van der Waals surface area contributed by atoms with Crippen molar-refractivity contribution >= 4 is 12.4 Å². The van der Waals surface area contributed by atoms with Gasteiger partial charge in [-0.3, -0.25) is 9.58 Å². The van der Waals surface area contributed by atoms with Crippen LogP contribution in [0.2, 0.25) is 0 Å². The molecule has 1 N–H and O–H groups in total. The van der Waals surface area contributed by atoms with Gasteiger partial charge >= 0.3 is 0 Å². The number of halogens is 1. The Bertz CT molecular complexity index is 356. The van der Waals surface area contributed by atoms with Gasteiger partial charge in [-0.1, -0.05) is 0 Å². The third kappa shape index (κ3) is 4.79. The van der Waals surface area contributed by atoms with E-state index in [-0.39, 0.29) is 12.4 Å². The monoisotopic (exact) mass is 286 g/mol. The first-order valence-electron chi connectivity index (χ1n) is 7.10. The average Bonchev–Trinajstić information content (AvgIpc) is 2.81. The Labute approximate surface area is 123 Å². The largest absolute Gasteiger partial charge is 0.319 e. The minimum Gasteiger partial charge on any atom is -0.319 e. The zero-order valence-corrected chi connectivity index (χ0v) is 13.1. The van der Waals surface area contributed by atoms with Gasteiger partial charge in [0.1, 0.15) is 0 Å². The van der Waals surface area contributed by atoms with Gasteiger partial charge in [0, 0.05) is 18.8 Å². The maximum Gasteiger partial charge on any atom is 0.0764 e. The summed E-state index contributed by atoms with van der Waals surface area (Å²) in [7, 11) is 2.05. The van der Waals surface area contributed by atoms with Crippen LogP contribution in [0.25, 0.3) is 0 Å². The van der Waals surface area contributed by atoms with Crippen molar-refractivity contribution in [3.05, 3.63) is 18.0 Å². The number of rotatable bonds is 5. The van der Waals surface area contributed by atoms with E-state index in [1.165, 1.54) is 31.6 Å². The molecule has 4 nitrogen and oxygen atoms in total. The molecule has 0 unspecified atom stereocenters. The van der Waals surface area contributed by atoms with Crippen LogP contribution in [0.3, 0.4) is 0 Å². The van der Waals surface area contributed by atoms with E-state index >= 15 is 0 Å². The molecular formula is C14H27ClN4. The lowest BCUT2D eigenvalue weighted by Crippen LogP contribution is -2.36. The Hall–Kier alpha value is -0.580. The van der Waals surface area contributed by atoms with Crippen LogP contribution in [0.15, 0.2) is 12.3 Å². The number of likely N-dealkylation sites (tertiary alicyclic amines) is 1. The molecule has 0 atom stereocenters. The molecule has 1 aromatic heterocycles. The zero-order chi connectivity index (χ0) is 13.0. The van der Waals surface area contributed by atoms with Crippen molar-refractivity contribution in [3.8, 4) is 0 Å². The molecule has 0 aromatic carbocycles. The number of nitrogens with zero attached hydrogens (tertiary/aromatic N) is 3. The summed E-state index contributed by atoms with van der Waals surface area (Å²) in [6, 6.07) is 2.61. The Kier molecular flexibility index (Phi) is 6.83. The van der Waals surface area contributed by atoms with Crippen LogP contribution in [0.1, 0.15) is 38.4 Å². The molecule has 0 bridgehead atoms. The first-order chi connectivity index (χ1) is 8.69. The third-order valence-corrected chi connectivity index (χ3v) is 3.78. The van der Waals surface area contributed by atoms with E-state index in [1.54, 1.807) is 0 Å². The molecule has 1 aliphatic heterocycles. The lowest BCUT2D eigenvalue weighted by Gasteiger charge is -2.31. The fourth-order valence-corrected chi connectivity index (χ4v) is 2.62. The summed E-state index contributed by atoms with van der Waals surface area (Å²) >= 11 is 0. The second kappa shape index (κ2) is 7.88. The van der Waals surface area contributed by atoms with E-state index < -0.39 is 0 Å². The summed E-state index contributed by atoms with van der Waals surface area (Å²) in [6.07, 6.45) is 4.71. The maximum absolute atomic E-state index is 4.62. The molecule has 1 fully saturated rings. The maximum atomic E-state index is 4.62. The first kappa shape index (κ1) is 16.5. The van der Waals surface area contributed by atoms with Gasteiger partial charge < -0.3 is 5.32 Å². The standard InChI is InChI=1S/C14H26N4.ClH/c1-12(2)18-9-6-14(16-18)11-17-7-4-13(5-8-17)10-15-3;/h6,9,12-13,15H,4-5,7-8,10-11H2,1-3H3;1H. The summed E-state index contributed by atoms with van der Waals surface area (Å²) in [5, 5.41) is 7.91. The SMILES string of the molecule is CNCC1CCN(Cc2ccn(C(C)C)n2)CC1.Cl. The van der Waals surface area contributed by atoms with Gasteiger partial charge in [-0.2, -0.15) is 5.10 Å². The van der Waals surface area contributed by atoms with E-state index in [9.17, 15) is 0 Å². The second-order valence-corrected chi connectivity index (χ2v) is 5.66. The van der Waals surface area contributed by atoms with Crippen LogP contribution in [-0.2, 0) is 6.54 Å². The number of nitrogens with one attached hydrogen (secondary N) is 1. The molecule has 0 aliphatic carbocycles. The zero-order valence-electron chi connectivity index (χ0n) is 12.3. The Balaban J connectivity index is 0.00000180. The number of piperidine rings is 1. The van der Waals surface area contributed by atoms with Crippen molar-refractivity contribution in [2.24, 2.45) is 5.92 Å². The van der Waals surface area contributed by atoms with Crippen LogP contribution < -0.4 is 5.32 Å². The van der Waals surface area contributed by atoms with Gasteiger partial charge in [-0.15, -0.1) is 12.4 Å². The van der Waals surface area contributed by atoms with E-state index in [0.29, 0.717) is 6.04 Å². The molecule has 0 spiro atoms. The summed E-state index contributed by atoms with van der Waals surface area (Å²) in [5.74, 6) is 0.861. The first-order valence-corrected chi connectivity index (χ1v) is 7.10. The van der Waals surface area contributed by atoms with Crippen molar-refractivity contribution in [1.29, 1.82) is 0 Å². The summed E-state index contributed by atoms with van der Waals surface area (Å²) < 4.78 is 2.04. The van der Waals surface area contributed by atoms with Crippen molar-refractivity contribution in [3.63, 3.8) is 0 Å². The minimum atomic E-state index is 0. The molecule has 1 aliphatic rings. The van der Waals surface area contributed by atoms with E-state index in [2.05, 4.69) is 41.4 Å². The molecule has 110 valence electrons. The van der Waals surface area contributed by atoms with Crippen LogP contribution in [-0.4, -0.2) is 41.4 Å². The predicted octanol–water partition coefficient (Wildman–Crippen LogP) is 2.32. The Morgan fingerprint density at radius 3 is 2.58 bits per heavy atom. The smallest absolute Gasteiger partial charge is 0.0764 e. The van der Waals surface area contributed by atoms with E-state index in [1.807, 2.05) is 11.7 Å². The molecule has 0 amide bonds. The average molecular weight is 287 g/mol. The van der Waals surface area contributed by atoms with Crippen LogP contribution in [0.4, 0.5) is 0 Å². The summed E-state index contributed by atoms with van der Waals surface area (Å²) in [5.41, 5.74) is 1.20. The number of aromatic nitrogens is 2. The van der Waals surface area contributed by atoms with Gasteiger partial charge in [0.15, 0.2) is 0 Å². The number of hydrogen-bond acceptors (Lipinski definition) is 3. The molecule has 2 heterocycles. The van der Waals surface area contributed by atoms with Crippen molar-refractivity contribution in [2.45, 2.75) is 39.3 Å².